The third kappa shape index (κ3) is 4.51. The molecule has 1 aromatic rings. The summed E-state index contributed by atoms with van der Waals surface area (Å²) in [5, 5.41) is 10.7. The Morgan fingerprint density at radius 3 is 2.65 bits per heavy atom. The second kappa shape index (κ2) is 6.99. The van der Waals surface area contributed by atoms with Crippen LogP contribution in [0.1, 0.15) is 13.3 Å². The molecule has 0 aliphatic rings. The summed E-state index contributed by atoms with van der Waals surface area (Å²) in [6, 6.07) is 7.78. The molecule has 0 bridgehead atoms. The molecule has 0 aliphatic heterocycles. The van der Waals surface area contributed by atoms with Crippen LogP contribution in [-0.2, 0) is 9.53 Å². The Morgan fingerprint density at radius 2 is 2.06 bits per heavy atom. The monoisotopic (exact) mass is 234 g/mol. The quantitative estimate of drug-likeness (QED) is 0.793. The lowest BCUT2D eigenvalue weighted by Crippen LogP contribution is -2.26. The number of ether oxygens (including phenoxy) is 1. The summed E-state index contributed by atoms with van der Waals surface area (Å²) in [6.45, 7) is 1.55. The van der Waals surface area contributed by atoms with E-state index in [1.54, 1.807) is 7.11 Å². The van der Waals surface area contributed by atoms with Gasteiger partial charge in [-0.15, -0.1) is 0 Å². The van der Waals surface area contributed by atoms with Gasteiger partial charge in [-0.2, -0.15) is 0 Å². The van der Waals surface area contributed by atoms with Gasteiger partial charge >= 0.3 is 0 Å². The molecular weight excluding hydrogens is 216 g/mol. The Hall–Kier alpha value is -1.45. The number of methoxy groups -OCH3 is 1. The van der Waals surface area contributed by atoms with E-state index in [4.69, 9.17) is 9.84 Å². The lowest BCUT2D eigenvalue weighted by molar-refractivity contribution is -0.120. The van der Waals surface area contributed by atoms with Crippen LogP contribution in [0.25, 0.3) is 12.2 Å². The second-order valence-corrected chi connectivity index (χ2v) is 3.84. The fraction of sp³-hybridized carbons (Fsp3) is 0.357. The first-order valence-corrected chi connectivity index (χ1v) is 5.60. The maximum absolute atomic E-state index is 11.1. The predicted octanol–water partition coefficient (Wildman–Crippen LogP) is 0.234. The highest BCUT2D eigenvalue weighted by Gasteiger charge is 1.96. The zero-order valence-corrected chi connectivity index (χ0v) is 10.2. The molecule has 1 unspecified atom stereocenters. The Labute approximate surface area is 101 Å². The Kier molecular flexibility index (Phi) is 5.60. The minimum absolute atomic E-state index is 0.0260. The van der Waals surface area contributed by atoms with Crippen LogP contribution >= 0.6 is 0 Å². The molecule has 1 atom stereocenters. The molecule has 0 aliphatic carbocycles. The summed E-state index contributed by atoms with van der Waals surface area (Å²) in [6.07, 6.45) is 4.10. The van der Waals surface area contributed by atoms with E-state index in [-0.39, 0.29) is 18.3 Å². The Morgan fingerprint density at radius 1 is 1.41 bits per heavy atom. The largest absolute Gasteiger partial charge is 0.389 e. The first-order chi connectivity index (χ1) is 8.17. The molecule has 0 heterocycles. The summed E-state index contributed by atoms with van der Waals surface area (Å²) >= 11 is 0. The molecule has 17 heavy (non-hydrogen) atoms. The van der Waals surface area contributed by atoms with E-state index in [0.29, 0.717) is 0 Å². The van der Waals surface area contributed by atoms with Crippen LogP contribution in [0.5, 0.6) is 0 Å². The standard InChI is InChI=1S/C14H18O3/c1-11(17-2)9-13-6-4-3-5-12(13)7-8-14(16)10-15/h3-7,9,11,15H,8,10H2,1-2H3/b12-7-,13-9-. The molecule has 0 amide bonds. The van der Waals surface area contributed by atoms with Gasteiger partial charge in [0, 0.05) is 13.5 Å². The van der Waals surface area contributed by atoms with Crippen LogP contribution in [0.2, 0.25) is 0 Å². The smallest absolute Gasteiger partial charge is 0.161 e. The number of hydrogen-bond acceptors (Lipinski definition) is 3. The van der Waals surface area contributed by atoms with Crippen molar-refractivity contribution in [2.24, 2.45) is 0 Å². The average molecular weight is 234 g/mol. The molecule has 3 heteroatoms. The van der Waals surface area contributed by atoms with Gasteiger partial charge in [-0.05, 0) is 23.4 Å². The summed E-state index contributed by atoms with van der Waals surface area (Å²) < 4.78 is 5.18. The number of aliphatic hydroxyl groups excluding tert-OH is 1. The number of carbonyl (C=O) groups excluding carboxylic acids is 1. The first-order valence-electron chi connectivity index (χ1n) is 5.60. The van der Waals surface area contributed by atoms with Crippen molar-refractivity contribution in [1.29, 1.82) is 0 Å². The van der Waals surface area contributed by atoms with E-state index in [9.17, 15) is 4.79 Å². The van der Waals surface area contributed by atoms with Crippen LogP contribution in [-0.4, -0.2) is 30.7 Å². The number of aliphatic hydroxyl groups is 1. The number of Topliss-reactive ketones (excluding diaryl/α,β-unsaturated/α-hetero) is 1. The van der Waals surface area contributed by atoms with Crippen LogP contribution in [0.3, 0.4) is 0 Å². The molecule has 0 saturated carbocycles. The van der Waals surface area contributed by atoms with E-state index < -0.39 is 6.61 Å². The highest BCUT2D eigenvalue weighted by Crippen LogP contribution is 1.88. The average Bonchev–Trinajstić information content (AvgIpc) is 2.37. The summed E-state index contributed by atoms with van der Waals surface area (Å²) in [5.74, 6) is -0.181. The van der Waals surface area contributed by atoms with Crippen molar-refractivity contribution >= 4 is 17.9 Å². The highest BCUT2D eigenvalue weighted by atomic mass is 16.5. The summed E-state index contributed by atoms with van der Waals surface area (Å²) in [7, 11) is 1.66. The maximum atomic E-state index is 11.1. The molecule has 0 saturated heterocycles. The van der Waals surface area contributed by atoms with Crippen LogP contribution in [0.15, 0.2) is 24.3 Å². The van der Waals surface area contributed by atoms with E-state index in [1.165, 1.54) is 0 Å². The SMILES string of the molecule is COC(C)/C=c1/cccc/c1=C/CC(=O)CO. The van der Waals surface area contributed by atoms with E-state index in [2.05, 4.69) is 0 Å². The summed E-state index contributed by atoms with van der Waals surface area (Å²) in [4.78, 5) is 11.1. The molecular formula is C14H18O3. The number of ketones is 1. The lowest BCUT2D eigenvalue weighted by atomic mass is 10.1. The molecule has 3 nitrogen and oxygen atoms in total. The van der Waals surface area contributed by atoms with Gasteiger partial charge in [-0.3, -0.25) is 4.79 Å². The number of carbonyl (C=O) groups is 1. The minimum atomic E-state index is -0.406. The molecule has 0 spiro atoms. The topological polar surface area (TPSA) is 46.5 Å². The molecule has 1 N–H and O–H groups in total. The number of hydrogen-bond donors (Lipinski definition) is 1. The van der Waals surface area contributed by atoms with Crippen molar-refractivity contribution in [3.63, 3.8) is 0 Å². The van der Waals surface area contributed by atoms with Crippen molar-refractivity contribution in [1.82, 2.24) is 0 Å². The fourth-order valence-electron chi connectivity index (χ4n) is 1.46. The number of rotatable bonds is 5. The van der Waals surface area contributed by atoms with Crippen LogP contribution < -0.4 is 10.4 Å². The van der Waals surface area contributed by atoms with Gasteiger partial charge in [0.2, 0.25) is 0 Å². The summed E-state index contributed by atoms with van der Waals surface area (Å²) in [5.41, 5.74) is 0. The number of benzene rings is 1. The van der Waals surface area contributed by atoms with E-state index >= 15 is 0 Å². The van der Waals surface area contributed by atoms with Crippen molar-refractivity contribution < 1.29 is 14.6 Å². The Bertz CT molecular complexity index is 476. The third-order valence-corrected chi connectivity index (χ3v) is 2.51. The fourth-order valence-corrected chi connectivity index (χ4v) is 1.46. The normalized spacial score (nSPS) is 15.0. The van der Waals surface area contributed by atoms with Crippen molar-refractivity contribution in [2.75, 3.05) is 13.7 Å². The lowest BCUT2D eigenvalue weighted by Gasteiger charge is -2.01. The van der Waals surface area contributed by atoms with Gasteiger partial charge in [-0.25, -0.2) is 0 Å². The van der Waals surface area contributed by atoms with Gasteiger partial charge in [0.15, 0.2) is 5.78 Å². The zero-order valence-electron chi connectivity index (χ0n) is 10.2. The Balaban J connectivity index is 3.08. The van der Waals surface area contributed by atoms with E-state index in [0.717, 1.165) is 10.4 Å². The van der Waals surface area contributed by atoms with Crippen LogP contribution in [0.4, 0.5) is 0 Å². The molecule has 92 valence electrons. The first kappa shape index (κ1) is 13.6. The second-order valence-electron chi connectivity index (χ2n) is 3.84. The predicted molar refractivity (Wildman–Crippen MR) is 67.8 cm³/mol. The molecule has 0 radical (unpaired) electrons. The van der Waals surface area contributed by atoms with Gasteiger partial charge in [0.05, 0.1) is 6.10 Å². The third-order valence-electron chi connectivity index (χ3n) is 2.51. The van der Waals surface area contributed by atoms with Crippen molar-refractivity contribution in [3.8, 4) is 0 Å². The van der Waals surface area contributed by atoms with Gasteiger partial charge in [0.1, 0.15) is 6.61 Å². The van der Waals surface area contributed by atoms with Gasteiger partial charge < -0.3 is 9.84 Å². The molecule has 0 fully saturated rings. The molecule has 1 rings (SSSR count). The maximum Gasteiger partial charge on any atom is 0.161 e. The minimum Gasteiger partial charge on any atom is -0.389 e. The van der Waals surface area contributed by atoms with Gasteiger partial charge in [0.25, 0.3) is 0 Å². The van der Waals surface area contributed by atoms with Crippen LogP contribution in [0, 0.1) is 0 Å². The highest BCUT2D eigenvalue weighted by molar-refractivity contribution is 5.83. The zero-order chi connectivity index (χ0) is 12.7. The van der Waals surface area contributed by atoms with Crippen molar-refractivity contribution in [2.45, 2.75) is 19.4 Å². The molecule has 0 aromatic heterocycles. The van der Waals surface area contributed by atoms with Crippen molar-refractivity contribution in [3.05, 3.63) is 34.7 Å². The molecule has 1 aromatic carbocycles. The van der Waals surface area contributed by atoms with E-state index in [1.807, 2.05) is 43.3 Å². The van der Waals surface area contributed by atoms with Gasteiger partial charge in [-0.1, -0.05) is 30.3 Å².